The highest BCUT2D eigenvalue weighted by Crippen LogP contribution is 2.28. The van der Waals surface area contributed by atoms with E-state index in [1.807, 2.05) is 0 Å². The normalized spacial score (nSPS) is 12.2. The summed E-state index contributed by atoms with van der Waals surface area (Å²) in [7, 11) is 0. The van der Waals surface area contributed by atoms with E-state index >= 15 is 0 Å². The van der Waals surface area contributed by atoms with Crippen LogP contribution in [-0.2, 0) is 6.61 Å². The molecule has 0 aliphatic carbocycles. The van der Waals surface area contributed by atoms with Gasteiger partial charge in [-0.3, -0.25) is 9.20 Å². The van der Waals surface area contributed by atoms with Crippen molar-refractivity contribution in [1.29, 1.82) is 0 Å². The van der Waals surface area contributed by atoms with E-state index in [0.29, 0.717) is 22.9 Å². The van der Waals surface area contributed by atoms with Crippen LogP contribution in [0, 0.1) is 18.6 Å². The molecule has 9 heteroatoms. The maximum absolute atomic E-state index is 13.9. The molecule has 0 fully saturated rings. The van der Waals surface area contributed by atoms with Crippen molar-refractivity contribution in [3.05, 3.63) is 64.1 Å². The van der Waals surface area contributed by atoms with Crippen LogP contribution in [0.2, 0.25) is 5.02 Å². The van der Waals surface area contributed by atoms with Gasteiger partial charge in [-0.2, -0.15) is 0 Å². The number of nitrogens with one attached hydrogen (secondary N) is 1. The minimum absolute atomic E-state index is 0.169. The molecule has 0 saturated heterocycles. The number of carbonyl (C=O) groups is 1. The molecule has 3 rings (SSSR count). The number of hydrogen-bond donors (Lipinski definition) is 1. The van der Waals surface area contributed by atoms with Gasteiger partial charge in [-0.15, -0.1) is 11.6 Å². The Bertz CT molecular complexity index is 1070. The van der Waals surface area contributed by atoms with Gasteiger partial charge in [0.05, 0.1) is 16.3 Å². The first kappa shape index (κ1) is 23.3. The summed E-state index contributed by atoms with van der Waals surface area (Å²) < 4.78 is 35.0. The maximum Gasteiger partial charge on any atom is 0.270 e. The van der Waals surface area contributed by atoms with Gasteiger partial charge in [0.2, 0.25) is 0 Å². The largest absolute Gasteiger partial charge is 0.485 e. The number of carbonyl (C=O) groups excluding carboxylic acids is 1. The summed E-state index contributed by atoms with van der Waals surface area (Å²) in [4.78, 5) is 17.4. The van der Waals surface area contributed by atoms with Crippen molar-refractivity contribution in [2.45, 2.75) is 45.8 Å². The second kappa shape index (κ2) is 10.3. The van der Waals surface area contributed by atoms with Gasteiger partial charge < -0.3 is 10.1 Å². The molecule has 2 heterocycles. The van der Waals surface area contributed by atoms with Crippen LogP contribution in [0.25, 0.3) is 5.65 Å². The SMILES string of the molecule is CCCCC(CCl)NC(=O)c1c(C)nc2c(OCc3c(F)cccc3F)cc(Cl)cn12. The van der Waals surface area contributed by atoms with E-state index in [1.54, 1.807) is 13.1 Å². The Hall–Kier alpha value is -2.38. The third kappa shape index (κ3) is 5.28. The number of amides is 1. The summed E-state index contributed by atoms with van der Waals surface area (Å²) >= 11 is 12.2. The monoisotopic (exact) mass is 469 g/mol. The minimum Gasteiger partial charge on any atom is -0.485 e. The Kier molecular flexibility index (Phi) is 7.73. The van der Waals surface area contributed by atoms with Crippen LogP contribution in [0.4, 0.5) is 8.78 Å². The highest BCUT2D eigenvalue weighted by atomic mass is 35.5. The number of nitrogens with zero attached hydrogens (tertiary/aromatic N) is 2. The number of imidazole rings is 1. The third-order valence-electron chi connectivity index (χ3n) is 4.90. The standard InChI is InChI=1S/C22H23Cl2F2N3O2/c1-3-4-6-15(10-23)28-22(30)20-13(2)27-21-19(9-14(24)11-29(20)21)31-12-16-17(25)7-5-8-18(16)26/h5,7-9,11,15H,3-4,6,10,12H2,1-2H3,(H,28,30). The topological polar surface area (TPSA) is 55.6 Å². The highest BCUT2D eigenvalue weighted by Gasteiger charge is 2.22. The Morgan fingerprint density at radius 3 is 2.68 bits per heavy atom. The van der Waals surface area contributed by atoms with Gasteiger partial charge in [0.1, 0.15) is 23.9 Å². The number of hydrogen-bond acceptors (Lipinski definition) is 3. The van der Waals surface area contributed by atoms with E-state index in [1.165, 1.54) is 16.5 Å². The van der Waals surface area contributed by atoms with E-state index in [4.69, 9.17) is 27.9 Å². The molecule has 2 aromatic heterocycles. The molecule has 1 unspecified atom stereocenters. The lowest BCUT2D eigenvalue weighted by Crippen LogP contribution is -2.37. The van der Waals surface area contributed by atoms with E-state index in [9.17, 15) is 13.6 Å². The maximum atomic E-state index is 13.9. The van der Waals surface area contributed by atoms with Gasteiger partial charge in [0.15, 0.2) is 11.4 Å². The molecule has 0 aliphatic heterocycles. The molecule has 3 aromatic rings. The zero-order valence-electron chi connectivity index (χ0n) is 17.2. The third-order valence-corrected chi connectivity index (χ3v) is 5.48. The quantitative estimate of drug-likeness (QED) is 0.410. The molecule has 1 amide bonds. The number of rotatable bonds is 9. The van der Waals surface area contributed by atoms with Gasteiger partial charge in [-0.25, -0.2) is 13.8 Å². The summed E-state index contributed by atoms with van der Waals surface area (Å²) in [5, 5.41) is 3.21. The zero-order valence-corrected chi connectivity index (χ0v) is 18.7. The number of alkyl halides is 1. The van der Waals surface area contributed by atoms with Crippen LogP contribution in [0.3, 0.4) is 0 Å². The molecule has 31 heavy (non-hydrogen) atoms. The fraction of sp³-hybridized carbons (Fsp3) is 0.364. The summed E-state index contributed by atoms with van der Waals surface area (Å²) in [6.45, 7) is 3.41. The molecule has 1 N–H and O–H groups in total. The smallest absolute Gasteiger partial charge is 0.270 e. The minimum atomic E-state index is -0.711. The molecular weight excluding hydrogens is 447 g/mol. The predicted octanol–water partition coefficient (Wildman–Crippen LogP) is 5.68. The average molecular weight is 470 g/mol. The van der Waals surface area contributed by atoms with Crippen molar-refractivity contribution >= 4 is 34.8 Å². The molecule has 0 saturated carbocycles. The molecule has 0 bridgehead atoms. The van der Waals surface area contributed by atoms with Crippen LogP contribution in [-0.4, -0.2) is 27.2 Å². The van der Waals surface area contributed by atoms with E-state index in [0.717, 1.165) is 31.4 Å². The van der Waals surface area contributed by atoms with Crippen molar-refractivity contribution < 1.29 is 18.3 Å². The van der Waals surface area contributed by atoms with Crippen LogP contribution in [0.15, 0.2) is 30.5 Å². The molecule has 0 aliphatic rings. The van der Waals surface area contributed by atoms with Crippen molar-refractivity contribution in [3.63, 3.8) is 0 Å². The number of benzene rings is 1. The molecule has 1 aromatic carbocycles. The van der Waals surface area contributed by atoms with Crippen LogP contribution in [0.1, 0.15) is 47.9 Å². The van der Waals surface area contributed by atoms with Crippen LogP contribution < -0.4 is 10.1 Å². The molecule has 1 atom stereocenters. The van der Waals surface area contributed by atoms with Crippen molar-refractivity contribution in [1.82, 2.24) is 14.7 Å². The van der Waals surface area contributed by atoms with Gasteiger partial charge in [0, 0.05) is 24.2 Å². The molecule has 5 nitrogen and oxygen atoms in total. The summed E-state index contributed by atoms with van der Waals surface area (Å²) in [6, 6.07) is 4.92. The Morgan fingerprint density at radius 1 is 1.32 bits per heavy atom. The Labute approximate surface area is 189 Å². The number of fused-ring (bicyclic) bond motifs is 1. The predicted molar refractivity (Wildman–Crippen MR) is 117 cm³/mol. The number of aromatic nitrogens is 2. The number of halogens is 4. The summed E-state index contributed by atoms with van der Waals surface area (Å²) in [5.41, 5.74) is 0.874. The number of pyridine rings is 1. The van der Waals surface area contributed by atoms with Gasteiger partial charge in [0.25, 0.3) is 5.91 Å². The molecule has 0 spiro atoms. The first-order valence-electron chi connectivity index (χ1n) is 9.96. The lowest BCUT2D eigenvalue weighted by Gasteiger charge is -2.16. The Morgan fingerprint density at radius 2 is 2.03 bits per heavy atom. The van der Waals surface area contributed by atoms with Gasteiger partial charge >= 0.3 is 0 Å². The van der Waals surface area contributed by atoms with Crippen LogP contribution >= 0.6 is 23.2 Å². The summed E-state index contributed by atoms with van der Waals surface area (Å²) in [5.74, 6) is -1.25. The second-order valence-electron chi connectivity index (χ2n) is 7.22. The second-order valence-corrected chi connectivity index (χ2v) is 7.96. The highest BCUT2D eigenvalue weighted by molar-refractivity contribution is 6.30. The molecular formula is C22H23Cl2F2N3O2. The van der Waals surface area contributed by atoms with Crippen molar-refractivity contribution in [3.8, 4) is 5.75 Å². The zero-order chi connectivity index (χ0) is 22.5. The first-order chi connectivity index (χ1) is 14.8. The number of ether oxygens (including phenoxy) is 1. The fourth-order valence-corrected chi connectivity index (χ4v) is 3.72. The van der Waals surface area contributed by atoms with Crippen molar-refractivity contribution in [2.75, 3.05) is 5.88 Å². The fourth-order valence-electron chi connectivity index (χ4n) is 3.29. The van der Waals surface area contributed by atoms with Gasteiger partial charge in [-0.1, -0.05) is 37.4 Å². The first-order valence-corrected chi connectivity index (χ1v) is 10.9. The Balaban J connectivity index is 1.91. The number of unbranched alkanes of at least 4 members (excludes halogenated alkanes) is 1. The lowest BCUT2D eigenvalue weighted by molar-refractivity contribution is 0.0932. The van der Waals surface area contributed by atoms with E-state index in [2.05, 4.69) is 17.2 Å². The average Bonchev–Trinajstić information content (AvgIpc) is 3.06. The molecule has 0 radical (unpaired) electrons. The lowest BCUT2D eigenvalue weighted by atomic mass is 10.1. The van der Waals surface area contributed by atoms with E-state index < -0.39 is 11.6 Å². The van der Waals surface area contributed by atoms with Crippen LogP contribution in [0.5, 0.6) is 5.75 Å². The summed E-state index contributed by atoms with van der Waals surface area (Å²) in [6.07, 6.45) is 4.26. The number of aryl methyl sites for hydroxylation is 1. The van der Waals surface area contributed by atoms with E-state index in [-0.39, 0.29) is 34.9 Å². The molecule has 166 valence electrons. The van der Waals surface area contributed by atoms with Crippen molar-refractivity contribution in [2.24, 2.45) is 0 Å². The van der Waals surface area contributed by atoms with Gasteiger partial charge in [-0.05, 0) is 25.5 Å².